The number of aliphatic hydroxyl groups excluding tert-OH is 1. The lowest BCUT2D eigenvalue weighted by Gasteiger charge is -2.33. The zero-order valence-electron chi connectivity index (χ0n) is 21.8. The lowest BCUT2D eigenvalue weighted by Crippen LogP contribution is -2.43. The Morgan fingerprint density at radius 2 is 1.85 bits per heavy atom. The summed E-state index contributed by atoms with van der Waals surface area (Å²) in [5.41, 5.74) is 4.10. The van der Waals surface area contributed by atoms with Crippen molar-refractivity contribution in [2.24, 2.45) is 0 Å². The van der Waals surface area contributed by atoms with E-state index in [1.54, 1.807) is 6.07 Å². The molecular formula is C28H32BrN5O4S. The van der Waals surface area contributed by atoms with E-state index < -0.39 is 16.1 Å². The molecule has 2 aliphatic rings. The van der Waals surface area contributed by atoms with Crippen LogP contribution in [0.3, 0.4) is 0 Å². The van der Waals surface area contributed by atoms with Crippen molar-refractivity contribution in [3.05, 3.63) is 69.8 Å². The van der Waals surface area contributed by atoms with Gasteiger partial charge < -0.3 is 14.7 Å². The molecule has 9 nitrogen and oxygen atoms in total. The van der Waals surface area contributed by atoms with Crippen molar-refractivity contribution in [2.45, 2.75) is 44.6 Å². The molecule has 1 unspecified atom stereocenters. The van der Waals surface area contributed by atoms with Gasteiger partial charge in [-0.2, -0.15) is 14.7 Å². The number of nitriles is 1. The highest BCUT2D eigenvalue weighted by Gasteiger charge is 2.31. The van der Waals surface area contributed by atoms with Crippen LogP contribution in [0, 0.1) is 11.3 Å². The summed E-state index contributed by atoms with van der Waals surface area (Å²) in [6, 6.07) is 17.3. The fourth-order valence-electron chi connectivity index (χ4n) is 5.35. The van der Waals surface area contributed by atoms with Crippen LogP contribution in [0.2, 0.25) is 0 Å². The number of aromatic nitrogens is 2. The van der Waals surface area contributed by atoms with E-state index >= 15 is 0 Å². The molecular weight excluding hydrogens is 582 g/mol. The molecule has 0 amide bonds. The van der Waals surface area contributed by atoms with Gasteiger partial charge in [0, 0.05) is 60.4 Å². The molecule has 11 heteroatoms. The second-order valence-electron chi connectivity index (χ2n) is 10.2. The van der Waals surface area contributed by atoms with Gasteiger partial charge in [-0.05, 0) is 37.1 Å². The van der Waals surface area contributed by atoms with Crippen LogP contribution in [0.25, 0.3) is 11.3 Å². The first kappa shape index (κ1) is 27.8. The van der Waals surface area contributed by atoms with Gasteiger partial charge in [0.15, 0.2) is 0 Å². The Kier molecular flexibility index (Phi) is 8.40. The van der Waals surface area contributed by atoms with E-state index in [4.69, 9.17) is 9.84 Å². The summed E-state index contributed by atoms with van der Waals surface area (Å²) in [5, 5.41) is 25.2. The zero-order valence-corrected chi connectivity index (χ0v) is 24.2. The van der Waals surface area contributed by atoms with E-state index in [2.05, 4.69) is 26.9 Å². The number of β-amino-alcohol motifs (C(OH)–C–C–N with tert-alkyl or cyclic N) is 1. The summed E-state index contributed by atoms with van der Waals surface area (Å²) in [6.45, 7) is 3.11. The molecule has 3 aromatic rings. The highest BCUT2D eigenvalue weighted by Crippen LogP contribution is 2.32. The van der Waals surface area contributed by atoms with Gasteiger partial charge in [-0.15, -0.1) is 0 Å². The number of rotatable bonds is 8. The Labute approximate surface area is 237 Å². The molecule has 1 aromatic heterocycles. The number of para-hydroxylation sites is 1. The number of halogens is 1. The molecule has 39 heavy (non-hydrogen) atoms. The van der Waals surface area contributed by atoms with Crippen LogP contribution in [0.1, 0.15) is 29.7 Å². The number of benzene rings is 2. The lowest BCUT2D eigenvalue weighted by molar-refractivity contribution is 0.0529. The summed E-state index contributed by atoms with van der Waals surface area (Å²) in [4.78, 5) is 2.23. The van der Waals surface area contributed by atoms with Crippen LogP contribution in [-0.4, -0.2) is 77.2 Å². The van der Waals surface area contributed by atoms with E-state index in [1.165, 1.54) is 10.6 Å². The van der Waals surface area contributed by atoms with Gasteiger partial charge >= 0.3 is 0 Å². The normalized spacial score (nSPS) is 17.9. The molecule has 3 heterocycles. The summed E-state index contributed by atoms with van der Waals surface area (Å²) >= 11 is 3.47. The van der Waals surface area contributed by atoms with E-state index in [1.807, 2.05) is 47.1 Å². The van der Waals surface area contributed by atoms with Crippen molar-refractivity contribution < 1.29 is 18.3 Å². The first-order chi connectivity index (χ1) is 18.7. The molecule has 0 radical (unpaired) electrons. The Bertz CT molecular complexity index is 1460. The number of ether oxygens (including phenoxy) is 1. The predicted molar refractivity (Wildman–Crippen MR) is 152 cm³/mol. The van der Waals surface area contributed by atoms with Gasteiger partial charge in [0.25, 0.3) is 0 Å². The Balaban J connectivity index is 1.25. The average Bonchev–Trinajstić information content (AvgIpc) is 3.27. The third kappa shape index (κ3) is 6.53. The van der Waals surface area contributed by atoms with E-state index in [0.717, 1.165) is 52.9 Å². The predicted octanol–water partition coefficient (Wildman–Crippen LogP) is 3.41. The minimum Gasteiger partial charge on any atom is -0.489 e. The van der Waals surface area contributed by atoms with E-state index in [-0.39, 0.29) is 12.6 Å². The van der Waals surface area contributed by atoms with Crippen molar-refractivity contribution in [1.29, 1.82) is 5.26 Å². The highest BCUT2D eigenvalue weighted by molar-refractivity contribution is 9.10. The van der Waals surface area contributed by atoms with Crippen molar-refractivity contribution in [3.63, 3.8) is 0 Å². The van der Waals surface area contributed by atoms with Crippen LogP contribution >= 0.6 is 15.9 Å². The first-order valence-corrected chi connectivity index (χ1v) is 15.7. The molecule has 1 fully saturated rings. The monoisotopic (exact) mass is 613 g/mol. The van der Waals surface area contributed by atoms with Gasteiger partial charge in [0.1, 0.15) is 17.9 Å². The second-order valence-corrected chi connectivity index (χ2v) is 13.1. The highest BCUT2D eigenvalue weighted by atomic mass is 79.9. The largest absolute Gasteiger partial charge is 0.489 e. The number of hydrogen-bond acceptors (Lipinski definition) is 7. The smallest absolute Gasteiger partial charge is 0.211 e. The molecule has 0 aliphatic carbocycles. The lowest BCUT2D eigenvalue weighted by atomic mass is 10.0. The van der Waals surface area contributed by atoms with Crippen molar-refractivity contribution >= 4 is 26.0 Å². The maximum absolute atomic E-state index is 12.3. The summed E-state index contributed by atoms with van der Waals surface area (Å²) in [6.07, 6.45) is 2.83. The average molecular weight is 615 g/mol. The van der Waals surface area contributed by atoms with Crippen LogP contribution in [-0.2, 0) is 29.5 Å². The van der Waals surface area contributed by atoms with Crippen LogP contribution in [0.15, 0.2) is 53.0 Å². The first-order valence-electron chi connectivity index (χ1n) is 13.1. The topological polar surface area (TPSA) is 112 Å². The SMILES string of the molecule is CS(=O)(=O)N1CCc2c(c(-c3ccc(Br)cc3)nn2CC(O)CN2CCC(Oc3ccccc3C#N)CC2)C1. The summed E-state index contributed by atoms with van der Waals surface area (Å²) in [5.74, 6) is 0.623. The molecule has 5 rings (SSSR count). The quantitative estimate of drug-likeness (QED) is 0.414. The van der Waals surface area contributed by atoms with Gasteiger partial charge in [0.05, 0.1) is 30.2 Å². The van der Waals surface area contributed by atoms with Gasteiger partial charge in [0.2, 0.25) is 10.0 Å². The number of nitrogens with zero attached hydrogens (tertiary/aromatic N) is 5. The number of aliphatic hydroxyl groups is 1. The third-order valence-electron chi connectivity index (χ3n) is 7.37. The number of sulfonamides is 1. The van der Waals surface area contributed by atoms with Gasteiger partial charge in [-0.25, -0.2) is 8.42 Å². The third-order valence-corrected chi connectivity index (χ3v) is 9.15. The fraction of sp³-hybridized carbons (Fsp3) is 0.429. The molecule has 206 valence electrons. The molecule has 2 aromatic carbocycles. The number of fused-ring (bicyclic) bond motifs is 1. The fourth-order valence-corrected chi connectivity index (χ4v) is 6.40. The molecule has 0 spiro atoms. The van der Waals surface area contributed by atoms with Gasteiger partial charge in [-0.3, -0.25) is 4.68 Å². The standard InChI is InChI=1S/C28H32BrN5O4S/c1-39(36,37)33-15-12-26-25(19-33)28(20-6-8-22(29)9-7-20)31-34(26)18-23(35)17-32-13-10-24(11-14-32)38-27-5-3-2-4-21(27)16-30/h2-9,23-24,35H,10-15,17-19H2,1H3. The summed E-state index contributed by atoms with van der Waals surface area (Å²) < 4.78 is 35.0. The Morgan fingerprint density at radius 3 is 2.54 bits per heavy atom. The maximum atomic E-state index is 12.3. The number of piperidine rings is 1. The van der Waals surface area contributed by atoms with Gasteiger partial charge in [-0.1, -0.05) is 40.2 Å². The minimum absolute atomic E-state index is 0.0392. The molecule has 1 atom stereocenters. The van der Waals surface area contributed by atoms with Crippen LogP contribution in [0.4, 0.5) is 0 Å². The van der Waals surface area contributed by atoms with Crippen molar-refractivity contribution in [3.8, 4) is 23.1 Å². The molecule has 0 bridgehead atoms. The Morgan fingerprint density at radius 1 is 1.13 bits per heavy atom. The van der Waals surface area contributed by atoms with E-state index in [0.29, 0.717) is 37.4 Å². The summed E-state index contributed by atoms with van der Waals surface area (Å²) in [7, 11) is -3.33. The molecule has 0 saturated carbocycles. The maximum Gasteiger partial charge on any atom is 0.211 e. The minimum atomic E-state index is -3.33. The zero-order chi connectivity index (χ0) is 27.6. The number of likely N-dealkylation sites (tertiary alicyclic amines) is 1. The van der Waals surface area contributed by atoms with Crippen LogP contribution < -0.4 is 4.74 Å². The van der Waals surface area contributed by atoms with Crippen molar-refractivity contribution in [2.75, 3.05) is 32.4 Å². The van der Waals surface area contributed by atoms with E-state index in [9.17, 15) is 18.8 Å². The van der Waals surface area contributed by atoms with Crippen LogP contribution in [0.5, 0.6) is 5.75 Å². The number of hydrogen-bond donors (Lipinski definition) is 1. The molecule has 1 N–H and O–H groups in total. The van der Waals surface area contributed by atoms with Crippen molar-refractivity contribution in [1.82, 2.24) is 19.0 Å². The molecule has 2 aliphatic heterocycles. The Hall–Kier alpha value is -2.75. The second kappa shape index (κ2) is 11.8. The molecule has 1 saturated heterocycles.